The lowest BCUT2D eigenvalue weighted by Crippen LogP contribution is -2.14. The highest BCUT2D eigenvalue weighted by Gasteiger charge is 2.12. The number of rotatable bonds is 5. The van der Waals surface area contributed by atoms with E-state index in [2.05, 4.69) is 20.9 Å². The minimum absolute atomic E-state index is 0.440. The standard InChI is InChI=1S/C14H16BrNO2S/c1-9-16-11(8-19-9)7-12(17)5-10-6-13(18-2)3-4-14(10)15/h3-4,6,8,12,17H,5,7H2,1-2H3. The van der Waals surface area contributed by atoms with Crippen LogP contribution < -0.4 is 4.74 Å². The first-order valence-corrected chi connectivity index (χ1v) is 7.67. The number of benzene rings is 1. The van der Waals surface area contributed by atoms with Crippen molar-refractivity contribution < 1.29 is 9.84 Å². The molecule has 3 nitrogen and oxygen atoms in total. The Labute approximate surface area is 125 Å². The summed E-state index contributed by atoms with van der Waals surface area (Å²) in [4.78, 5) is 4.37. The monoisotopic (exact) mass is 341 g/mol. The van der Waals surface area contributed by atoms with Gasteiger partial charge in [-0.25, -0.2) is 4.98 Å². The molecule has 19 heavy (non-hydrogen) atoms. The van der Waals surface area contributed by atoms with Crippen LogP contribution in [0.1, 0.15) is 16.3 Å². The van der Waals surface area contributed by atoms with Crippen LogP contribution in [0.5, 0.6) is 5.75 Å². The van der Waals surface area contributed by atoms with Gasteiger partial charge in [0.15, 0.2) is 0 Å². The first kappa shape index (κ1) is 14.5. The molecule has 0 aliphatic carbocycles. The van der Waals surface area contributed by atoms with Gasteiger partial charge >= 0.3 is 0 Å². The van der Waals surface area contributed by atoms with Crippen LogP contribution in [0.3, 0.4) is 0 Å². The molecule has 0 bridgehead atoms. The Hall–Kier alpha value is -0.910. The molecule has 102 valence electrons. The fourth-order valence-corrected chi connectivity index (χ4v) is 2.94. The quantitative estimate of drug-likeness (QED) is 0.906. The molecule has 2 aromatic rings. The normalized spacial score (nSPS) is 12.4. The van der Waals surface area contributed by atoms with E-state index >= 15 is 0 Å². The lowest BCUT2D eigenvalue weighted by Gasteiger charge is -2.12. The van der Waals surface area contributed by atoms with E-state index in [1.54, 1.807) is 18.4 Å². The number of aromatic nitrogens is 1. The van der Waals surface area contributed by atoms with Crippen molar-refractivity contribution in [3.63, 3.8) is 0 Å². The van der Waals surface area contributed by atoms with E-state index in [-0.39, 0.29) is 0 Å². The number of aliphatic hydroxyl groups is 1. The van der Waals surface area contributed by atoms with Crippen molar-refractivity contribution >= 4 is 27.3 Å². The molecule has 1 atom stereocenters. The van der Waals surface area contributed by atoms with E-state index in [0.29, 0.717) is 12.8 Å². The molecular formula is C14H16BrNO2S. The minimum atomic E-state index is -0.440. The minimum Gasteiger partial charge on any atom is -0.497 e. The second kappa shape index (κ2) is 6.50. The summed E-state index contributed by atoms with van der Waals surface area (Å²) in [6.45, 7) is 1.97. The van der Waals surface area contributed by atoms with Crippen molar-refractivity contribution in [3.05, 3.63) is 44.3 Å². The second-order valence-electron chi connectivity index (χ2n) is 4.38. The van der Waals surface area contributed by atoms with E-state index in [1.165, 1.54) is 0 Å². The summed E-state index contributed by atoms with van der Waals surface area (Å²) in [7, 11) is 1.64. The lowest BCUT2D eigenvalue weighted by molar-refractivity contribution is 0.174. The van der Waals surface area contributed by atoms with Crippen molar-refractivity contribution in [3.8, 4) is 5.75 Å². The van der Waals surface area contributed by atoms with E-state index in [1.807, 2.05) is 30.5 Å². The zero-order chi connectivity index (χ0) is 13.8. The topological polar surface area (TPSA) is 42.4 Å². The summed E-state index contributed by atoms with van der Waals surface area (Å²) in [5.41, 5.74) is 1.99. The highest BCUT2D eigenvalue weighted by atomic mass is 79.9. The van der Waals surface area contributed by atoms with Crippen LogP contribution in [0.15, 0.2) is 28.1 Å². The van der Waals surface area contributed by atoms with Gasteiger partial charge in [0.2, 0.25) is 0 Å². The van der Waals surface area contributed by atoms with Gasteiger partial charge in [0.25, 0.3) is 0 Å². The average molecular weight is 342 g/mol. The van der Waals surface area contributed by atoms with Gasteiger partial charge in [0, 0.05) is 16.3 Å². The Morgan fingerprint density at radius 3 is 2.84 bits per heavy atom. The van der Waals surface area contributed by atoms with Gasteiger partial charge < -0.3 is 9.84 Å². The van der Waals surface area contributed by atoms with Crippen molar-refractivity contribution in [2.45, 2.75) is 25.9 Å². The summed E-state index contributed by atoms with van der Waals surface area (Å²) in [6, 6.07) is 5.78. The summed E-state index contributed by atoms with van der Waals surface area (Å²) in [5.74, 6) is 0.801. The van der Waals surface area contributed by atoms with Gasteiger partial charge in [0.05, 0.1) is 23.9 Å². The van der Waals surface area contributed by atoms with E-state index < -0.39 is 6.10 Å². The second-order valence-corrected chi connectivity index (χ2v) is 6.29. The van der Waals surface area contributed by atoms with Gasteiger partial charge in [-0.1, -0.05) is 15.9 Å². The Morgan fingerprint density at radius 1 is 1.42 bits per heavy atom. The Balaban J connectivity index is 2.03. The molecule has 0 amide bonds. The molecule has 0 spiro atoms. The maximum Gasteiger partial charge on any atom is 0.119 e. The predicted octanol–water partition coefficient (Wildman–Crippen LogP) is 3.37. The summed E-state index contributed by atoms with van der Waals surface area (Å²) < 4.78 is 6.19. The molecule has 0 aliphatic rings. The number of methoxy groups -OCH3 is 1. The molecule has 0 saturated carbocycles. The Morgan fingerprint density at radius 2 is 2.21 bits per heavy atom. The Bertz CT molecular complexity index is 556. The SMILES string of the molecule is COc1ccc(Br)c(CC(O)Cc2csc(C)n2)c1. The third-order valence-corrected chi connectivity index (χ3v) is 4.42. The number of aryl methyl sites for hydroxylation is 1. The number of aliphatic hydroxyl groups excluding tert-OH is 1. The maximum atomic E-state index is 10.2. The van der Waals surface area contributed by atoms with Crippen molar-refractivity contribution in [1.82, 2.24) is 4.98 Å². The third-order valence-electron chi connectivity index (χ3n) is 2.82. The molecule has 2 rings (SSSR count). The number of hydrogen-bond acceptors (Lipinski definition) is 4. The third kappa shape index (κ3) is 4.03. The van der Waals surface area contributed by atoms with Crippen LogP contribution in [0, 0.1) is 6.92 Å². The number of hydrogen-bond donors (Lipinski definition) is 1. The van der Waals surface area contributed by atoms with E-state index in [4.69, 9.17) is 4.74 Å². The summed E-state index contributed by atoms with van der Waals surface area (Å²) >= 11 is 5.11. The molecule has 1 N–H and O–H groups in total. The Kier molecular flexibility index (Phi) is 4.96. The van der Waals surface area contributed by atoms with Crippen molar-refractivity contribution in [1.29, 1.82) is 0 Å². The van der Waals surface area contributed by atoms with Gasteiger partial charge in [0.1, 0.15) is 5.75 Å². The molecule has 1 heterocycles. The zero-order valence-electron chi connectivity index (χ0n) is 10.9. The van der Waals surface area contributed by atoms with Crippen molar-refractivity contribution in [2.24, 2.45) is 0 Å². The van der Waals surface area contributed by atoms with Gasteiger partial charge in [-0.2, -0.15) is 0 Å². The molecule has 1 aromatic carbocycles. The summed E-state index contributed by atoms with van der Waals surface area (Å²) in [5, 5.41) is 13.2. The number of ether oxygens (including phenoxy) is 1. The zero-order valence-corrected chi connectivity index (χ0v) is 13.3. The van der Waals surface area contributed by atoms with E-state index in [0.717, 1.165) is 26.5 Å². The molecular weight excluding hydrogens is 326 g/mol. The van der Waals surface area contributed by atoms with Crippen LogP contribution in [0.25, 0.3) is 0 Å². The molecule has 0 fully saturated rings. The number of nitrogens with zero attached hydrogens (tertiary/aromatic N) is 1. The van der Waals surface area contributed by atoms with E-state index in [9.17, 15) is 5.11 Å². The number of thiazole rings is 1. The fraction of sp³-hybridized carbons (Fsp3) is 0.357. The lowest BCUT2D eigenvalue weighted by atomic mass is 10.0. The molecule has 1 unspecified atom stereocenters. The highest BCUT2D eigenvalue weighted by molar-refractivity contribution is 9.10. The molecule has 5 heteroatoms. The average Bonchev–Trinajstić information content (AvgIpc) is 2.77. The fourth-order valence-electron chi connectivity index (χ4n) is 1.90. The number of halogens is 1. The van der Waals surface area contributed by atoms with Crippen LogP contribution in [-0.4, -0.2) is 23.3 Å². The maximum absolute atomic E-state index is 10.2. The van der Waals surface area contributed by atoms with Crippen LogP contribution >= 0.6 is 27.3 Å². The first-order chi connectivity index (χ1) is 9.08. The molecule has 0 saturated heterocycles. The largest absolute Gasteiger partial charge is 0.497 e. The van der Waals surface area contributed by atoms with Crippen molar-refractivity contribution in [2.75, 3.05) is 7.11 Å². The first-order valence-electron chi connectivity index (χ1n) is 6.00. The van der Waals surface area contributed by atoms with Crippen LogP contribution in [0.4, 0.5) is 0 Å². The van der Waals surface area contributed by atoms with Gasteiger partial charge in [-0.3, -0.25) is 0 Å². The highest BCUT2D eigenvalue weighted by Crippen LogP contribution is 2.24. The molecule has 0 aliphatic heterocycles. The van der Waals surface area contributed by atoms with Gasteiger partial charge in [-0.05, 0) is 37.1 Å². The van der Waals surface area contributed by atoms with Crippen LogP contribution in [-0.2, 0) is 12.8 Å². The van der Waals surface area contributed by atoms with Crippen LogP contribution in [0.2, 0.25) is 0 Å². The van der Waals surface area contributed by atoms with Gasteiger partial charge in [-0.15, -0.1) is 11.3 Å². The molecule has 1 aromatic heterocycles. The smallest absolute Gasteiger partial charge is 0.119 e. The summed E-state index contributed by atoms with van der Waals surface area (Å²) in [6.07, 6.45) is 0.715. The molecule has 0 radical (unpaired) electrons. The predicted molar refractivity (Wildman–Crippen MR) is 81.0 cm³/mol.